The molecule has 326 valence electrons. The lowest BCUT2D eigenvalue weighted by molar-refractivity contribution is 0.669. The summed E-state index contributed by atoms with van der Waals surface area (Å²) in [6, 6.07) is 82.6. The molecule has 0 radical (unpaired) electrons. The average molecular weight is 894 g/mol. The predicted molar refractivity (Wildman–Crippen MR) is 287 cm³/mol. The smallest absolute Gasteiger partial charge is 0.160 e. The van der Waals surface area contributed by atoms with Crippen molar-refractivity contribution >= 4 is 65.6 Å². The minimum atomic E-state index is 0.660. The van der Waals surface area contributed by atoms with Crippen molar-refractivity contribution in [2.75, 3.05) is 0 Å². The molecule has 5 heteroatoms. The summed E-state index contributed by atoms with van der Waals surface area (Å²) >= 11 is 0. The molecule has 0 spiro atoms. The van der Waals surface area contributed by atoms with Gasteiger partial charge in [0.05, 0.1) is 22.6 Å². The van der Waals surface area contributed by atoms with E-state index >= 15 is 0 Å². The van der Waals surface area contributed by atoms with Crippen LogP contribution in [0.25, 0.3) is 144 Å². The predicted octanol–water partition coefficient (Wildman–Crippen LogP) is 17.6. The highest BCUT2D eigenvalue weighted by Crippen LogP contribution is 2.47. The highest BCUT2D eigenvalue weighted by atomic mass is 16.3. The number of benzene rings is 10. The van der Waals surface area contributed by atoms with Gasteiger partial charge >= 0.3 is 0 Å². The Labute approximate surface area is 402 Å². The van der Waals surface area contributed by atoms with Gasteiger partial charge in [-0.2, -0.15) is 0 Å². The maximum Gasteiger partial charge on any atom is 0.160 e. The van der Waals surface area contributed by atoms with E-state index in [2.05, 4.69) is 200 Å². The number of para-hydroxylation sites is 4. The van der Waals surface area contributed by atoms with Crippen LogP contribution in [0.4, 0.5) is 0 Å². The maximum atomic E-state index is 6.66. The molecule has 14 aromatic rings. The Morgan fingerprint density at radius 2 is 0.814 bits per heavy atom. The Balaban J connectivity index is 0.905. The van der Waals surface area contributed by atoms with Crippen LogP contribution in [0.3, 0.4) is 0 Å². The van der Waals surface area contributed by atoms with E-state index in [-0.39, 0.29) is 0 Å². The van der Waals surface area contributed by atoms with Gasteiger partial charge in [0.2, 0.25) is 0 Å². The van der Waals surface area contributed by atoms with Crippen molar-refractivity contribution in [1.82, 2.24) is 15.0 Å². The van der Waals surface area contributed by atoms with E-state index in [1.54, 1.807) is 0 Å². The summed E-state index contributed by atoms with van der Waals surface area (Å²) in [6.07, 6.45) is 0. The van der Waals surface area contributed by atoms with Gasteiger partial charge in [0, 0.05) is 71.1 Å². The summed E-state index contributed by atoms with van der Waals surface area (Å²) in [7, 11) is 0. The summed E-state index contributed by atoms with van der Waals surface area (Å²) in [5, 5.41) is 7.71. The minimum Gasteiger partial charge on any atom is -0.456 e. The van der Waals surface area contributed by atoms with Gasteiger partial charge < -0.3 is 8.83 Å². The van der Waals surface area contributed by atoms with Crippen LogP contribution in [0.2, 0.25) is 0 Å². The summed E-state index contributed by atoms with van der Waals surface area (Å²) < 4.78 is 13.1. The van der Waals surface area contributed by atoms with Crippen LogP contribution in [0, 0.1) is 0 Å². The molecule has 4 heterocycles. The van der Waals surface area contributed by atoms with E-state index in [4.69, 9.17) is 23.8 Å². The molecular weight excluding hydrogens is 855 g/mol. The third-order valence-electron chi connectivity index (χ3n) is 13.7. The van der Waals surface area contributed by atoms with Crippen LogP contribution in [-0.4, -0.2) is 15.0 Å². The zero-order chi connectivity index (χ0) is 46.1. The van der Waals surface area contributed by atoms with Gasteiger partial charge in [0.1, 0.15) is 22.3 Å². The van der Waals surface area contributed by atoms with Crippen LogP contribution < -0.4 is 0 Å². The number of hydrogen-bond acceptors (Lipinski definition) is 5. The molecule has 0 aliphatic heterocycles. The third-order valence-corrected chi connectivity index (χ3v) is 13.7. The van der Waals surface area contributed by atoms with Gasteiger partial charge in [-0.05, 0) is 70.8 Å². The lowest BCUT2D eigenvalue weighted by Crippen LogP contribution is -1.96. The lowest BCUT2D eigenvalue weighted by Gasteiger charge is -2.16. The second-order valence-corrected chi connectivity index (χ2v) is 17.8. The standard InChI is InChI=1S/C65H39N3O2/c1-3-17-40(18-4-1)60-61-51-28-7-10-32-54(51)66-63(53(61)38-59-62(60)52-29-9-12-34-58(52)69-59)47-26-14-22-43(36-47)42-21-13-24-45(35-42)55-39-56(68-65(67-55)41-19-5-2-6-20-41)46-25-15-23-44(37-46)48-30-16-31-50-49-27-8-11-33-57(49)70-64(48)50/h1-39H. The first-order valence-corrected chi connectivity index (χ1v) is 23.6. The molecule has 0 N–H and O–H groups in total. The number of nitrogens with zero attached hydrogens (tertiary/aromatic N) is 3. The molecule has 0 saturated carbocycles. The van der Waals surface area contributed by atoms with Crippen LogP contribution >= 0.6 is 0 Å². The molecular formula is C65H39N3O2. The first-order chi connectivity index (χ1) is 34.7. The third kappa shape index (κ3) is 6.59. The van der Waals surface area contributed by atoms with Gasteiger partial charge in [0.15, 0.2) is 5.82 Å². The van der Waals surface area contributed by atoms with Crippen molar-refractivity contribution < 1.29 is 8.83 Å². The molecule has 70 heavy (non-hydrogen) atoms. The highest BCUT2D eigenvalue weighted by molar-refractivity contribution is 6.27. The minimum absolute atomic E-state index is 0.660. The average Bonchev–Trinajstić information content (AvgIpc) is 4.01. The molecule has 14 rings (SSSR count). The molecule has 0 saturated heterocycles. The first-order valence-electron chi connectivity index (χ1n) is 23.6. The van der Waals surface area contributed by atoms with Crippen molar-refractivity contribution in [3.8, 4) is 78.5 Å². The largest absolute Gasteiger partial charge is 0.456 e. The molecule has 4 aromatic heterocycles. The van der Waals surface area contributed by atoms with E-state index in [0.29, 0.717) is 5.82 Å². The number of rotatable bonds is 7. The number of hydrogen-bond donors (Lipinski definition) is 0. The fourth-order valence-electron chi connectivity index (χ4n) is 10.4. The van der Waals surface area contributed by atoms with Gasteiger partial charge in [-0.25, -0.2) is 15.0 Å². The molecule has 0 fully saturated rings. The zero-order valence-electron chi connectivity index (χ0n) is 37.7. The number of furan rings is 2. The van der Waals surface area contributed by atoms with Crippen molar-refractivity contribution in [2.45, 2.75) is 0 Å². The zero-order valence-corrected chi connectivity index (χ0v) is 37.7. The molecule has 0 unspecified atom stereocenters. The second kappa shape index (κ2) is 16.1. The van der Waals surface area contributed by atoms with Gasteiger partial charge in [-0.3, -0.25) is 0 Å². The SMILES string of the molecule is c1ccc(-c2nc(-c3cccc(-c4cccc(-c5nc6ccccc6c6c(-c7ccccc7)c7c(cc56)oc5ccccc57)c4)c3)cc(-c3cccc(-c4cccc5c4oc4ccccc45)c3)n2)cc1. The maximum absolute atomic E-state index is 6.66. The van der Waals surface area contributed by atoms with Crippen LogP contribution in [-0.2, 0) is 0 Å². The van der Waals surface area contributed by atoms with Gasteiger partial charge in [0.25, 0.3) is 0 Å². The van der Waals surface area contributed by atoms with Crippen LogP contribution in [0.5, 0.6) is 0 Å². The number of pyridine rings is 1. The first kappa shape index (κ1) is 39.7. The molecule has 0 bridgehead atoms. The summed E-state index contributed by atoms with van der Waals surface area (Å²) in [5.41, 5.74) is 17.4. The number of fused-ring (bicyclic) bond motifs is 9. The van der Waals surface area contributed by atoms with E-state index in [1.807, 2.05) is 36.4 Å². The quantitative estimate of drug-likeness (QED) is 0.149. The Morgan fingerprint density at radius 1 is 0.286 bits per heavy atom. The fourth-order valence-corrected chi connectivity index (χ4v) is 10.4. The lowest BCUT2D eigenvalue weighted by atomic mass is 9.89. The monoisotopic (exact) mass is 893 g/mol. The fraction of sp³-hybridized carbons (Fsp3) is 0. The Hall–Kier alpha value is -9.45. The van der Waals surface area contributed by atoms with Crippen molar-refractivity contribution in [1.29, 1.82) is 0 Å². The van der Waals surface area contributed by atoms with Crippen LogP contribution in [0.15, 0.2) is 245 Å². The van der Waals surface area contributed by atoms with E-state index in [9.17, 15) is 0 Å². The Bertz CT molecular complexity index is 4360. The van der Waals surface area contributed by atoms with Crippen molar-refractivity contribution in [3.63, 3.8) is 0 Å². The van der Waals surface area contributed by atoms with E-state index in [0.717, 1.165) is 138 Å². The summed E-state index contributed by atoms with van der Waals surface area (Å²) in [5.74, 6) is 0.660. The topological polar surface area (TPSA) is 65.0 Å². The molecule has 0 aliphatic carbocycles. The normalized spacial score (nSPS) is 11.7. The van der Waals surface area contributed by atoms with E-state index < -0.39 is 0 Å². The second-order valence-electron chi connectivity index (χ2n) is 17.8. The highest BCUT2D eigenvalue weighted by Gasteiger charge is 2.22. The molecule has 0 amide bonds. The van der Waals surface area contributed by atoms with Crippen molar-refractivity contribution in [2.24, 2.45) is 0 Å². The molecule has 5 nitrogen and oxygen atoms in total. The summed E-state index contributed by atoms with van der Waals surface area (Å²) in [6.45, 7) is 0. The van der Waals surface area contributed by atoms with Crippen LogP contribution in [0.1, 0.15) is 0 Å². The molecule has 10 aromatic carbocycles. The van der Waals surface area contributed by atoms with E-state index in [1.165, 1.54) is 0 Å². The molecule has 0 aliphatic rings. The summed E-state index contributed by atoms with van der Waals surface area (Å²) in [4.78, 5) is 15.9. The van der Waals surface area contributed by atoms with Gasteiger partial charge in [-0.1, -0.05) is 188 Å². The Kier molecular flexibility index (Phi) is 9.14. The Morgan fingerprint density at radius 3 is 1.56 bits per heavy atom. The van der Waals surface area contributed by atoms with Crippen molar-refractivity contribution in [3.05, 3.63) is 237 Å². The molecule has 0 atom stereocenters. The van der Waals surface area contributed by atoms with Gasteiger partial charge in [-0.15, -0.1) is 0 Å². The number of aromatic nitrogens is 3.